The van der Waals surface area contributed by atoms with E-state index in [2.05, 4.69) is 12.2 Å². The van der Waals surface area contributed by atoms with Gasteiger partial charge in [0.05, 0.1) is 19.3 Å². The predicted molar refractivity (Wildman–Crippen MR) is 67.4 cm³/mol. The summed E-state index contributed by atoms with van der Waals surface area (Å²) in [6.45, 7) is 5.31. The van der Waals surface area contributed by atoms with Gasteiger partial charge in [0.25, 0.3) is 0 Å². The quantitative estimate of drug-likeness (QED) is 0.679. The highest BCUT2D eigenvalue weighted by molar-refractivity contribution is 5.42. The molecule has 4 nitrogen and oxygen atoms in total. The van der Waals surface area contributed by atoms with Gasteiger partial charge in [0.15, 0.2) is 11.5 Å². The van der Waals surface area contributed by atoms with Crippen molar-refractivity contribution in [3.63, 3.8) is 0 Å². The Bertz CT molecular complexity index is 341. The van der Waals surface area contributed by atoms with Crippen molar-refractivity contribution in [3.05, 3.63) is 23.8 Å². The Balaban J connectivity index is 2.84. The van der Waals surface area contributed by atoms with Crippen molar-refractivity contribution in [3.8, 4) is 11.5 Å². The molecule has 0 heterocycles. The van der Waals surface area contributed by atoms with Gasteiger partial charge < -0.3 is 20.3 Å². The van der Waals surface area contributed by atoms with Gasteiger partial charge in [0.1, 0.15) is 0 Å². The summed E-state index contributed by atoms with van der Waals surface area (Å²) in [5, 5.41) is 22.2. The zero-order chi connectivity index (χ0) is 12.7. The maximum Gasteiger partial charge on any atom is 0.161 e. The molecule has 0 aliphatic rings. The van der Waals surface area contributed by atoms with Crippen LogP contribution in [0.1, 0.15) is 31.9 Å². The van der Waals surface area contributed by atoms with Gasteiger partial charge >= 0.3 is 0 Å². The molecule has 1 atom stereocenters. The molecule has 1 unspecified atom stereocenters. The molecule has 0 saturated heterocycles. The first-order valence-corrected chi connectivity index (χ1v) is 6.02. The number of rotatable bonds is 7. The summed E-state index contributed by atoms with van der Waals surface area (Å²) in [5.74, 6) is 0.588. The van der Waals surface area contributed by atoms with Crippen LogP contribution in [0, 0.1) is 0 Å². The van der Waals surface area contributed by atoms with Gasteiger partial charge in [-0.2, -0.15) is 0 Å². The van der Waals surface area contributed by atoms with Crippen LogP contribution >= 0.6 is 0 Å². The fourth-order valence-corrected chi connectivity index (χ4v) is 1.62. The highest BCUT2D eigenvalue weighted by Crippen LogP contribution is 2.29. The minimum Gasteiger partial charge on any atom is -0.504 e. The fourth-order valence-electron chi connectivity index (χ4n) is 1.62. The predicted octanol–water partition coefficient (Wildman–Crippen LogP) is 1.82. The summed E-state index contributed by atoms with van der Waals surface area (Å²) in [6, 6.07) is 5.04. The Morgan fingerprint density at radius 2 is 2.12 bits per heavy atom. The van der Waals surface area contributed by atoms with Gasteiger partial charge in [-0.25, -0.2) is 0 Å². The van der Waals surface area contributed by atoms with Crippen LogP contribution in [0.2, 0.25) is 0 Å². The maximum atomic E-state index is 9.59. The Morgan fingerprint density at radius 3 is 2.71 bits per heavy atom. The lowest BCUT2D eigenvalue weighted by Crippen LogP contribution is -2.25. The lowest BCUT2D eigenvalue weighted by atomic mass is 10.1. The standard InChI is InChI=1S/C13H21NO3/c1-3-7-14-11(9-15)10-5-6-12(16)13(8-10)17-4-2/h5-6,8,11,14-16H,3-4,7,9H2,1-2H3. The third-order valence-electron chi connectivity index (χ3n) is 2.51. The van der Waals surface area contributed by atoms with Crippen LogP contribution in [0.25, 0.3) is 0 Å². The second-order valence-electron chi connectivity index (χ2n) is 3.85. The Kier molecular flexibility index (Phi) is 5.80. The van der Waals surface area contributed by atoms with E-state index < -0.39 is 0 Å². The average Bonchev–Trinajstić information content (AvgIpc) is 2.34. The van der Waals surface area contributed by atoms with Crippen molar-refractivity contribution in [2.45, 2.75) is 26.3 Å². The maximum absolute atomic E-state index is 9.59. The number of hydrogen-bond donors (Lipinski definition) is 3. The molecular weight excluding hydrogens is 218 g/mol. The van der Waals surface area contributed by atoms with Crippen molar-refractivity contribution in [2.75, 3.05) is 19.8 Å². The van der Waals surface area contributed by atoms with Gasteiger partial charge in [-0.15, -0.1) is 0 Å². The topological polar surface area (TPSA) is 61.7 Å². The Morgan fingerprint density at radius 1 is 1.35 bits per heavy atom. The minimum atomic E-state index is -0.116. The van der Waals surface area contributed by atoms with Crippen molar-refractivity contribution in [1.82, 2.24) is 5.32 Å². The van der Waals surface area contributed by atoms with Gasteiger partial charge in [0.2, 0.25) is 0 Å². The van der Waals surface area contributed by atoms with Gasteiger partial charge in [0, 0.05) is 0 Å². The lowest BCUT2D eigenvalue weighted by molar-refractivity contribution is 0.244. The van der Waals surface area contributed by atoms with E-state index in [1.165, 1.54) is 0 Å². The van der Waals surface area contributed by atoms with Gasteiger partial charge in [-0.05, 0) is 37.6 Å². The van der Waals surface area contributed by atoms with Gasteiger partial charge in [-0.1, -0.05) is 13.0 Å². The van der Waals surface area contributed by atoms with Crippen LogP contribution in [0.5, 0.6) is 11.5 Å². The zero-order valence-electron chi connectivity index (χ0n) is 10.4. The number of aliphatic hydroxyl groups excluding tert-OH is 1. The zero-order valence-corrected chi connectivity index (χ0v) is 10.4. The third kappa shape index (κ3) is 3.91. The van der Waals surface area contributed by atoms with Gasteiger partial charge in [-0.3, -0.25) is 0 Å². The van der Waals surface area contributed by atoms with Crippen molar-refractivity contribution in [1.29, 1.82) is 0 Å². The molecule has 0 aromatic heterocycles. The number of aliphatic hydroxyl groups is 1. The van der Waals surface area contributed by atoms with Crippen LogP contribution in [0.4, 0.5) is 0 Å². The highest BCUT2D eigenvalue weighted by atomic mass is 16.5. The molecule has 0 aliphatic carbocycles. The number of phenols is 1. The largest absolute Gasteiger partial charge is 0.504 e. The van der Waals surface area contributed by atoms with Crippen molar-refractivity contribution < 1.29 is 14.9 Å². The molecule has 0 aliphatic heterocycles. The lowest BCUT2D eigenvalue weighted by Gasteiger charge is -2.17. The number of ether oxygens (including phenoxy) is 1. The second kappa shape index (κ2) is 7.14. The Hall–Kier alpha value is -1.26. The van der Waals surface area contributed by atoms with E-state index in [1.54, 1.807) is 18.2 Å². The number of phenolic OH excluding ortho intramolecular Hbond substituents is 1. The van der Waals surface area contributed by atoms with Crippen LogP contribution in [0.15, 0.2) is 18.2 Å². The molecule has 96 valence electrons. The molecule has 0 spiro atoms. The van der Waals surface area contributed by atoms with E-state index >= 15 is 0 Å². The molecule has 17 heavy (non-hydrogen) atoms. The minimum absolute atomic E-state index is 0.0241. The van der Waals surface area contributed by atoms with Crippen LogP contribution < -0.4 is 10.1 Å². The van der Waals surface area contributed by atoms with E-state index in [1.807, 2.05) is 6.92 Å². The number of nitrogens with one attached hydrogen (secondary N) is 1. The molecule has 0 amide bonds. The summed E-state index contributed by atoms with van der Waals surface area (Å²) in [6.07, 6.45) is 1.01. The summed E-state index contributed by atoms with van der Waals surface area (Å²) >= 11 is 0. The monoisotopic (exact) mass is 239 g/mol. The molecule has 4 heteroatoms. The van der Waals surface area contributed by atoms with E-state index in [0.29, 0.717) is 12.4 Å². The van der Waals surface area contributed by atoms with Crippen LogP contribution in [-0.4, -0.2) is 30.0 Å². The first kappa shape index (κ1) is 13.8. The van der Waals surface area contributed by atoms with E-state index in [-0.39, 0.29) is 18.4 Å². The van der Waals surface area contributed by atoms with Crippen LogP contribution in [-0.2, 0) is 0 Å². The highest BCUT2D eigenvalue weighted by Gasteiger charge is 2.12. The molecule has 1 aromatic carbocycles. The summed E-state index contributed by atoms with van der Waals surface area (Å²) in [7, 11) is 0. The summed E-state index contributed by atoms with van der Waals surface area (Å²) in [4.78, 5) is 0. The Labute approximate surface area is 102 Å². The summed E-state index contributed by atoms with van der Waals surface area (Å²) in [5.41, 5.74) is 0.919. The molecule has 1 aromatic rings. The van der Waals surface area contributed by atoms with E-state index in [4.69, 9.17) is 4.74 Å². The number of aromatic hydroxyl groups is 1. The number of benzene rings is 1. The molecule has 0 radical (unpaired) electrons. The molecular formula is C13H21NO3. The molecule has 0 fully saturated rings. The average molecular weight is 239 g/mol. The fraction of sp³-hybridized carbons (Fsp3) is 0.538. The van der Waals surface area contributed by atoms with E-state index in [0.717, 1.165) is 18.5 Å². The smallest absolute Gasteiger partial charge is 0.161 e. The molecule has 0 saturated carbocycles. The van der Waals surface area contributed by atoms with Crippen molar-refractivity contribution in [2.24, 2.45) is 0 Å². The first-order chi connectivity index (χ1) is 8.22. The van der Waals surface area contributed by atoms with Crippen LogP contribution in [0.3, 0.4) is 0 Å². The van der Waals surface area contributed by atoms with E-state index in [9.17, 15) is 10.2 Å². The second-order valence-corrected chi connectivity index (χ2v) is 3.85. The third-order valence-corrected chi connectivity index (χ3v) is 2.51. The molecule has 0 bridgehead atoms. The molecule has 3 N–H and O–H groups in total. The normalized spacial score (nSPS) is 12.4. The SMILES string of the molecule is CCCNC(CO)c1ccc(O)c(OCC)c1. The molecule has 1 rings (SSSR count). The van der Waals surface area contributed by atoms with Crippen molar-refractivity contribution >= 4 is 0 Å². The first-order valence-electron chi connectivity index (χ1n) is 6.02. The summed E-state index contributed by atoms with van der Waals surface area (Å²) < 4.78 is 5.32. The number of hydrogen-bond acceptors (Lipinski definition) is 4.